The molecule has 0 spiro atoms. The molecule has 3 rings (SSSR count). The van der Waals surface area contributed by atoms with Crippen molar-refractivity contribution in [3.05, 3.63) is 48.0 Å². The van der Waals surface area contributed by atoms with Crippen molar-refractivity contribution in [1.82, 2.24) is 0 Å². The monoisotopic (exact) mass is 224 g/mol. The molecule has 2 aromatic rings. The van der Waals surface area contributed by atoms with E-state index in [1.807, 2.05) is 42.5 Å². The number of fused-ring (bicyclic) bond motifs is 2. The van der Waals surface area contributed by atoms with Gasteiger partial charge in [0.05, 0.1) is 9.79 Å². The molecule has 0 saturated heterocycles. The Kier molecular flexibility index (Phi) is 2.12. The second-order valence-corrected chi connectivity index (χ2v) is 4.48. The van der Waals surface area contributed by atoms with Gasteiger partial charge in [0, 0.05) is 5.56 Å². The second-order valence-electron chi connectivity index (χ2n) is 3.43. The first-order valence-electron chi connectivity index (χ1n) is 4.93. The molecule has 0 N–H and O–H groups in total. The summed E-state index contributed by atoms with van der Waals surface area (Å²) in [6.45, 7) is 0. The van der Waals surface area contributed by atoms with E-state index in [0.29, 0.717) is 0 Å². The summed E-state index contributed by atoms with van der Waals surface area (Å²) in [7, 11) is 0. The lowest BCUT2D eigenvalue weighted by Gasteiger charge is -2.20. The highest BCUT2D eigenvalue weighted by molar-refractivity contribution is 7.99. The van der Waals surface area contributed by atoms with Crippen molar-refractivity contribution in [3.8, 4) is 23.8 Å². The fourth-order valence-corrected chi connectivity index (χ4v) is 2.69. The van der Waals surface area contributed by atoms with Crippen molar-refractivity contribution in [2.24, 2.45) is 0 Å². The SMILES string of the molecule is C#Cc1cccc2c1Sc1ccccc1O2. The number of hydrogen-bond donors (Lipinski definition) is 0. The molecule has 1 aliphatic heterocycles. The molecule has 0 saturated carbocycles. The van der Waals surface area contributed by atoms with Crippen molar-refractivity contribution in [2.45, 2.75) is 9.79 Å². The summed E-state index contributed by atoms with van der Waals surface area (Å²) in [5.41, 5.74) is 0.886. The fourth-order valence-electron chi connectivity index (χ4n) is 1.66. The molecule has 2 aromatic carbocycles. The van der Waals surface area contributed by atoms with E-state index in [0.717, 1.165) is 26.9 Å². The van der Waals surface area contributed by atoms with E-state index < -0.39 is 0 Å². The van der Waals surface area contributed by atoms with Crippen molar-refractivity contribution in [1.29, 1.82) is 0 Å². The van der Waals surface area contributed by atoms with Gasteiger partial charge in [0.2, 0.25) is 0 Å². The molecule has 0 bridgehead atoms. The zero-order valence-electron chi connectivity index (χ0n) is 8.44. The summed E-state index contributed by atoms with van der Waals surface area (Å²) in [4.78, 5) is 2.14. The lowest BCUT2D eigenvalue weighted by atomic mass is 10.2. The van der Waals surface area contributed by atoms with E-state index in [1.165, 1.54) is 0 Å². The number of rotatable bonds is 0. The summed E-state index contributed by atoms with van der Waals surface area (Å²) >= 11 is 1.67. The number of hydrogen-bond acceptors (Lipinski definition) is 2. The molecule has 0 fully saturated rings. The van der Waals surface area contributed by atoms with Crippen LogP contribution in [0.4, 0.5) is 0 Å². The molecule has 1 aliphatic rings. The van der Waals surface area contributed by atoms with Gasteiger partial charge in [-0.1, -0.05) is 35.9 Å². The van der Waals surface area contributed by atoms with Crippen molar-refractivity contribution in [2.75, 3.05) is 0 Å². The molecule has 16 heavy (non-hydrogen) atoms. The van der Waals surface area contributed by atoms with Gasteiger partial charge in [0.25, 0.3) is 0 Å². The van der Waals surface area contributed by atoms with E-state index in [1.54, 1.807) is 11.8 Å². The lowest BCUT2D eigenvalue weighted by molar-refractivity contribution is 0.454. The molecule has 1 heterocycles. The van der Waals surface area contributed by atoms with Gasteiger partial charge in [-0.05, 0) is 24.3 Å². The molecule has 0 aromatic heterocycles. The van der Waals surface area contributed by atoms with E-state index >= 15 is 0 Å². The lowest BCUT2D eigenvalue weighted by Crippen LogP contribution is -1.96. The maximum atomic E-state index is 5.80. The third-order valence-electron chi connectivity index (χ3n) is 2.42. The molecule has 0 amide bonds. The largest absolute Gasteiger partial charge is 0.455 e. The third kappa shape index (κ3) is 1.37. The summed E-state index contributed by atoms with van der Waals surface area (Å²) in [6, 6.07) is 13.8. The first kappa shape index (κ1) is 9.38. The number of benzene rings is 2. The van der Waals surface area contributed by atoms with E-state index in [9.17, 15) is 0 Å². The van der Waals surface area contributed by atoms with Crippen molar-refractivity contribution >= 4 is 11.8 Å². The van der Waals surface area contributed by atoms with Gasteiger partial charge in [-0.15, -0.1) is 6.42 Å². The summed E-state index contributed by atoms with van der Waals surface area (Å²) in [5.74, 6) is 4.43. The smallest absolute Gasteiger partial charge is 0.142 e. The average molecular weight is 224 g/mol. The van der Waals surface area contributed by atoms with Gasteiger partial charge >= 0.3 is 0 Å². The summed E-state index contributed by atoms with van der Waals surface area (Å²) in [6.07, 6.45) is 5.47. The van der Waals surface area contributed by atoms with Crippen molar-refractivity contribution < 1.29 is 4.74 Å². The predicted octanol–water partition coefficient (Wildman–Crippen LogP) is 3.92. The van der Waals surface area contributed by atoms with Gasteiger partial charge in [0.1, 0.15) is 11.5 Å². The van der Waals surface area contributed by atoms with Crippen LogP contribution in [0, 0.1) is 12.3 Å². The minimum atomic E-state index is 0.846. The fraction of sp³-hybridized carbons (Fsp3) is 0. The maximum Gasteiger partial charge on any atom is 0.142 e. The minimum Gasteiger partial charge on any atom is -0.455 e. The average Bonchev–Trinajstić information content (AvgIpc) is 2.35. The quantitative estimate of drug-likeness (QED) is 0.535. The highest BCUT2D eigenvalue weighted by Gasteiger charge is 2.19. The molecule has 0 unspecified atom stereocenters. The van der Waals surface area contributed by atoms with Gasteiger partial charge in [0.15, 0.2) is 0 Å². The molecular formula is C14H8OS. The van der Waals surface area contributed by atoms with Crippen molar-refractivity contribution in [3.63, 3.8) is 0 Å². The van der Waals surface area contributed by atoms with Crippen LogP contribution in [-0.2, 0) is 0 Å². The number of terminal acetylenes is 1. The summed E-state index contributed by atoms with van der Waals surface area (Å²) < 4.78 is 5.80. The van der Waals surface area contributed by atoms with Crippen LogP contribution in [0.1, 0.15) is 5.56 Å². The Labute approximate surface area is 98.4 Å². The zero-order chi connectivity index (χ0) is 11.0. The Morgan fingerprint density at radius 1 is 1.00 bits per heavy atom. The maximum absolute atomic E-state index is 5.80. The van der Waals surface area contributed by atoms with Crippen LogP contribution in [0.2, 0.25) is 0 Å². The van der Waals surface area contributed by atoms with Gasteiger partial charge in [-0.3, -0.25) is 0 Å². The Bertz CT molecular complexity index is 596. The zero-order valence-corrected chi connectivity index (χ0v) is 9.25. The second kappa shape index (κ2) is 3.62. The van der Waals surface area contributed by atoms with Crippen LogP contribution >= 0.6 is 11.8 Å². The Balaban J connectivity index is 2.16. The molecule has 0 radical (unpaired) electrons. The molecule has 0 atom stereocenters. The van der Waals surface area contributed by atoms with Crippen LogP contribution < -0.4 is 4.74 Å². The Hall–Kier alpha value is -1.85. The van der Waals surface area contributed by atoms with E-state index in [2.05, 4.69) is 5.92 Å². The Morgan fingerprint density at radius 3 is 2.69 bits per heavy atom. The third-order valence-corrected chi connectivity index (χ3v) is 3.60. The summed E-state index contributed by atoms with van der Waals surface area (Å²) in [5, 5.41) is 0. The van der Waals surface area contributed by atoms with E-state index in [-0.39, 0.29) is 0 Å². The standard InChI is InChI=1S/C14H8OS/c1-2-10-6-5-8-12-14(10)16-13-9-4-3-7-11(13)15-12/h1,3-9H. The van der Waals surface area contributed by atoms with Crippen LogP contribution in [0.5, 0.6) is 11.5 Å². The first-order valence-corrected chi connectivity index (χ1v) is 5.74. The number of para-hydroxylation sites is 1. The van der Waals surface area contributed by atoms with Crippen LogP contribution in [0.3, 0.4) is 0 Å². The van der Waals surface area contributed by atoms with E-state index in [4.69, 9.17) is 11.2 Å². The minimum absolute atomic E-state index is 0.846. The molecule has 0 aliphatic carbocycles. The van der Waals surface area contributed by atoms with Crippen LogP contribution in [0.25, 0.3) is 0 Å². The van der Waals surface area contributed by atoms with Crippen LogP contribution in [0.15, 0.2) is 52.3 Å². The highest BCUT2D eigenvalue weighted by Crippen LogP contribution is 2.47. The molecule has 1 nitrogen and oxygen atoms in total. The van der Waals surface area contributed by atoms with Gasteiger partial charge in [-0.25, -0.2) is 0 Å². The molecule has 76 valence electrons. The predicted molar refractivity (Wildman–Crippen MR) is 65.0 cm³/mol. The first-order chi connectivity index (χ1) is 7.88. The van der Waals surface area contributed by atoms with Gasteiger partial charge in [-0.2, -0.15) is 0 Å². The number of ether oxygens (including phenoxy) is 1. The normalized spacial score (nSPS) is 11.9. The molecule has 2 heteroatoms. The highest BCUT2D eigenvalue weighted by atomic mass is 32.2. The topological polar surface area (TPSA) is 9.23 Å². The Morgan fingerprint density at radius 2 is 1.81 bits per heavy atom. The van der Waals surface area contributed by atoms with Gasteiger partial charge < -0.3 is 4.74 Å². The van der Waals surface area contributed by atoms with Crippen LogP contribution in [-0.4, -0.2) is 0 Å². The molecular weight excluding hydrogens is 216 g/mol.